The van der Waals surface area contributed by atoms with Crippen molar-refractivity contribution in [3.8, 4) is 0 Å². The number of halogens is 3. The van der Waals surface area contributed by atoms with Gasteiger partial charge in [-0.1, -0.05) is 80.9 Å². The predicted molar refractivity (Wildman–Crippen MR) is 139 cm³/mol. The number of nitrogens with two attached hydrogens (primary N) is 1. The number of Topliss-reactive ketones (excluding diaryl/α,β-unsaturated/α-hetero) is 1. The van der Waals surface area contributed by atoms with Crippen molar-refractivity contribution < 1.29 is 32.7 Å². The van der Waals surface area contributed by atoms with Crippen LogP contribution in [0.3, 0.4) is 0 Å². The highest BCUT2D eigenvalue weighted by atomic mass is 19.4. The van der Waals surface area contributed by atoms with Crippen LogP contribution in [-0.4, -0.2) is 39.9 Å². The molecular weight excluding hydrogens is 497 g/mol. The fraction of sp³-hybridized carbons (Fsp3) is 0.414. The lowest BCUT2D eigenvalue weighted by molar-refractivity contribution is -0.192. The van der Waals surface area contributed by atoms with Crippen molar-refractivity contribution in [2.45, 2.75) is 64.8 Å². The Kier molecular flexibility index (Phi) is 11.7. The molecule has 0 spiro atoms. The number of amides is 1. The summed E-state index contributed by atoms with van der Waals surface area (Å²) in [6, 6.07) is 18.0. The largest absolute Gasteiger partial charge is 0.490 e. The normalized spacial score (nSPS) is 15.3. The zero-order chi connectivity index (χ0) is 28.3. The summed E-state index contributed by atoms with van der Waals surface area (Å²) in [5.74, 6) is -2.52. The summed E-state index contributed by atoms with van der Waals surface area (Å²) < 4.78 is 31.7. The highest BCUT2D eigenvalue weighted by Gasteiger charge is 2.38. The Bertz CT molecular complexity index is 1080. The number of carboxylic acids is 1. The second-order valence-electron chi connectivity index (χ2n) is 9.49. The van der Waals surface area contributed by atoms with E-state index in [1.165, 1.54) is 16.7 Å². The number of rotatable bonds is 10. The van der Waals surface area contributed by atoms with Crippen molar-refractivity contribution in [1.82, 2.24) is 4.90 Å². The summed E-state index contributed by atoms with van der Waals surface area (Å²) in [5, 5.41) is 7.12. The van der Waals surface area contributed by atoms with Gasteiger partial charge in [0.1, 0.15) is 5.78 Å². The highest BCUT2D eigenvalue weighted by Crippen LogP contribution is 2.23. The van der Waals surface area contributed by atoms with E-state index in [1.807, 2.05) is 48.2 Å². The first-order valence-corrected chi connectivity index (χ1v) is 12.6. The lowest BCUT2D eigenvalue weighted by atomic mass is 9.88. The molecular formula is C29H35F3N2O4. The fourth-order valence-electron chi connectivity index (χ4n) is 4.04. The van der Waals surface area contributed by atoms with Crippen molar-refractivity contribution >= 4 is 17.7 Å². The van der Waals surface area contributed by atoms with E-state index in [2.05, 4.69) is 31.2 Å². The van der Waals surface area contributed by atoms with Gasteiger partial charge in [0.15, 0.2) is 0 Å². The quantitative estimate of drug-likeness (QED) is 0.405. The molecule has 1 heterocycles. The molecule has 3 N–H and O–H groups in total. The number of carboxylic acid groups (broad SMARTS) is 1. The molecule has 206 valence electrons. The number of alkyl halides is 3. The average Bonchev–Trinajstić information content (AvgIpc) is 3.34. The summed E-state index contributed by atoms with van der Waals surface area (Å²) in [5.41, 5.74) is 9.84. The van der Waals surface area contributed by atoms with Crippen molar-refractivity contribution in [1.29, 1.82) is 0 Å². The number of carbonyl (C=O) groups excluding carboxylic acids is 2. The molecule has 0 bridgehead atoms. The fourth-order valence-corrected chi connectivity index (χ4v) is 4.04. The van der Waals surface area contributed by atoms with E-state index in [1.54, 1.807) is 6.08 Å². The van der Waals surface area contributed by atoms with Gasteiger partial charge in [-0.25, -0.2) is 4.79 Å². The van der Waals surface area contributed by atoms with Crippen molar-refractivity contribution in [2.24, 2.45) is 17.6 Å². The van der Waals surface area contributed by atoms with Gasteiger partial charge >= 0.3 is 12.1 Å². The van der Waals surface area contributed by atoms with Gasteiger partial charge < -0.3 is 15.7 Å². The van der Waals surface area contributed by atoms with Crippen LogP contribution in [0.2, 0.25) is 0 Å². The average molecular weight is 533 g/mol. The number of benzene rings is 2. The lowest BCUT2D eigenvalue weighted by Crippen LogP contribution is -2.37. The smallest absolute Gasteiger partial charge is 0.475 e. The Morgan fingerprint density at radius 2 is 1.55 bits per heavy atom. The minimum atomic E-state index is -5.08. The Hall–Kier alpha value is -3.46. The third-order valence-corrected chi connectivity index (χ3v) is 6.64. The van der Waals surface area contributed by atoms with E-state index in [0.29, 0.717) is 19.5 Å². The van der Waals surface area contributed by atoms with Crippen LogP contribution in [0.15, 0.2) is 66.7 Å². The highest BCUT2D eigenvalue weighted by molar-refractivity contribution is 5.88. The number of fused-ring (bicyclic) bond motifs is 1. The molecule has 0 aliphatic carbocycles. The van der Waals surface area contributed by atoms with Gasteiger partial charge in [-0.15, -0.1) is 0 Å². The third-order valence-electron chi connectivity index (χ3n) is 6.64. The number of nitrogens with zero attached hydrogens (tertiary/aromatic N) is 1. The Morgan fingerprint density at radius 1 is 1.03 bits per heavy atom. The van der Waals surface area contributed by atoms with Crippen LogP contribution < -0.4 is 5.73 Å². The molecule has 0 fully saturated rings. The molecule has 2 aromatic carbocycles. The monoisotopic (exact) mass is 532 g/mol. The SMILES string of the molecule is CC[C@@H](C)[C@H](N)C(=O)C[C@H](/C=C/C(=O)N1Cc2ccccc2C1)CCc1ccccc1.O=C(O)C(F)(F)F. The number of carbonyl (C=O) groups is 3. The first kappa shape index (κ1) is 30.8. The molecule has 0 radical (unpaired) electrons. The molecule has 1 amide bonds. The number of aryl methyl sites for hydroxylation is 1. The summed E-state index contributed by atoms with van der Waals surface area (Å²) >= 11 is 0. The Balaban J connectivity index is 0.000000638. The number of allylic oxidation sites excluding steroid dienone is 1. The minimum absolute atomic E-state index is 0.000384. The van der Waals surface area contributed by atoms with E-state index < -0.39 is 18.2 Å². The predicted octanol–water partition coefficient (Wildman–Crippen LogP) is 5.30. The molecule has 0 saturated carbocycles. The third kappa shape index (κ3) is 9.78. The number of aliphatic carboxylic acids is 1. The number of ketones is 1. The van der Waals surface area contributed by atoms with E-state index in [-0.39, 0.29) is 23.5 Å². The molecule has 6 nitrogen and oxygen atoms in total. The van der Waals surface area contributed by atoms with Gasteiger partial charge in [0.05, 0.1) is 6.04 Å². The van der Waals surface area contributed by atoms with Gasteiger partial charge in [0.2, 0.25) is 5.91 Å². The topological polar surface area (TPSA) is 101 Å². The molecule has 9 heteroatoms. The molecule has 1 aliphatic rings. The van der Waals surface area contributed by atoms with Crippen LogP contribution in [0, 0.1) is 11.8 Å². The maximum Gasteiger partial charge on any atom is 0.490 e. The second-order valence-corrected chi connectivity index (χ2v) is 9.49. The standard InChI is InChI=1S/C27H34N2O2.C2HF3O2/c1-3-20(2)27(28)25(30)17-22(14-13-21-9-5-4-6-10-21)15-16-26(31)29-18-23-11-7-8-12-24(23)19-29;3-2(4,5)1(6)7/h4-12,15-16,20,22,27H,3,13-14,17-19,28H2,1-2H3;(H,6,7)/b16-15+;/t20-,22+,27+;/m1./s1. The van der Waals surface area contributed by atoms with Gasteiger partial charge in [0.25, 0.3) is 0 Å². The summed E-state index contributed by atoms with van der Waals surface area (Å²) in [6.07, 6.45) is 1.44. The van der Waals surface area contributed by atoms with Crippen LogP contribution in [0.5, 0.6) is 0 Å². The van der Waals surface area contributed by atoms with Gasteiger partial charge in [-0.3, -0.25) is 9.59 Å². The Labute approximate surface area is 221 Å². The van der Waals surface area contributed by atoms with Gasteiger partial charge in [-0.05, 0) is 47.4 Å². The van der Waals surface area contributed by atoms with Crippen LogP contribution in [0.25, 0.3) is 0 Å². The zero-order valence-electron chi connectivity index (χ0n) is 21.7. The van der Waals surface area contributed by atoms with Gasteiger partial charge in [0, 0.05) is 19.5 Å². The van der Waals surface area contributed by atoms with Gasteiger partial charge in [-0.2, -0.15) is 13.2 Å². The van der Waals surface area contributed by atoms with Crippen molar-refractivity contribution in [3.05, 3.63) is 83.4 Å². The van der Waals surface area contributed by atoms with Crippen molar-refractivity contribution in [3.63, 3.8) is 0 Å². The molecule has 3 rings (SSSR count). The first-order valence-electron chi connectivity index (χ1n) is 12.6. The maximum atomic E-state index is 12.8. The number of hydrogen-bond acceptors (Lipinski definition) is 4. The Morgan fingerprint density at radius 3 is 2.05 bits per heavy atom. The zero-order valence-corrected chi connectivity index (χ0v) is 21.7. The van der Waals surface area contributed by atoms with E-state index in [0.717, 1.165) is 19.3 Å². The molecule has 38 heavy (non-hydrogen) atoms. The molecule has 2 aromatic rings. The molecule has 1 aliphatic heterocycles. The van der Waals surface area contributed by atoms with Crippen molar-refractivity contribution in [2.75, 3.05) is 0 Å². The maximum absolute atomic E-state index is 12.8. The van der Waals surface area contributed by atoms with E-state index in [9.17, 15) is 22.8 Å². The number of hydrogen-bond donors (Lipinski definition) is 2. The molecule has 3 atom stereocenters. The molecule has 0 unspecified atom stereocenters. The van der Waals surface area contributed by atoms with Crippen LogP contribution in [0.4, 0.5) is 13.2 Å². The second kappa shape index (κ2) is 14.5. The summed E-state index contributed by atoms with van der Waals surface area (Å²) in [6.45, 7) is 5.36. The van der Waals surface area contributed by atoms with E-state index in [4.69, 9.17) is 15.6 Å². The first-order chi connectivity index (χ1) is 17.9. The lowest BCUT2D eigenvalue weighted by Gasteiger charge is -2.20. The minimum Gasteiger partial charge on any atom is -0.475 e. The molecule has 0 saturated heterocycles. The van der Waals surface area contributed by atoms with Crippen LogP contribution in [-0.2, 0) is 33.9 Å². The van der Waals surface area contributed by atoms with E-state index >= 15 is 0 Å². The summed E-state index contributed by atoms with van der Waals surface area (Å²) in [7, 11) is 0. The summed E-state index contributed by atoms with van der Waals surface area (Å²) in [4.78, 5) is 36.3. The molecule has 0 aromatic heterocycles. The van der Waals surface area contributed by atoms with Crippen LogP contribution >= 0.6 is 0 Å². The van der Waals surface area contributed by atoms with Crippen LogP contribution in [0.1, 0.15) is 49.8 Å².